The molecule has 0 amide bonds. The molecule has 0 heterocycles. The van der Waals surface area contributed by atoms with E-state index in [1.165, 1.54) is 24.7 Å². The largest absolute Gasteiger partial charge is 0.382 e. The van der Waals surface area contributed by atoms with Gasteiger partial charge in [-0.15, -0.1) is 0 Å². The van der Waals surface area contributed by atoms with E-state index in [0.29, 0.717) is 5.69 Å². The van der Waals surface area contributed by atoms with Gasteiger partial charge in [-0.3, -0.25) is 0 Å². The Hall–Kier alpha value is -0.700. The van der Waals surface area contributed by atoms with E-state index in [4.69, 9.17) is 0 Å². The number of unbranched alkanes of at least 4 members (excludes halogenated alkanes) is 1. The van der Waals surface area contributed by atoms with E-state index in [0.717, 1.165) is 12.3 Å². The minimum Gasteiger partial charge on any atom is -0.382 e. The van der Waals surface area contributed by atoms with Gasteiger partial charge < -0.3 is 5.32 Å². The van der Waals surface area contributed by atoms with Gasteiger partial charge in [-0.1, -0.05) is 25.5 Å². The van der Waals surface area contributed by atoms with Crippen molar-refractivity contribution in [1.29, 1.82) is 0 Å². The van der Waals surface area contributed by atoms with Crippen LogP contribution < -0.4 is 5.32 Å². The number of para-hydroxylation sites is 1. The van der Waals surface area contributed by atoms with Crippen molar-refractivity contribution in [2.75, 3.05) is 23.4 Å². The zero-order chi connectivity index (χ0) is 10.9. The van der Waals surface area contributed by atoms with E-state index in [2.05, 4.69) is 12.2 Å². The van der Waals surface area contributed by atoms with Gasteiger partial charge in [-0.05, 0) is 24.3 Å². The van der Waals surface area contributed by atoms with Gasteiger partial charge in [0.2, 0.25) is 0 Å². The second kappa shape index (κ2) is 7.57. The number of rotatable bonds is 7. The molecule has 0 spiro atoms. The van der Waals surface area contributed by atoms with Gasteiger partial charge in [-0.2, -0.15) is 11.8 Å². The van der Waals surface area contributed by atoms with Crippen molar-refractivity contribution in [3.05, 3.63) is 30.1 Å². The second-order valence-electron chi connectivity index (χ2n) is 3.37. The van der Waals surface area contributed by atoms with E-state index in [1.54, 1.807) is 12.1 Å². The van der Waals surface area contributed by atoms with Crippen molar-refractivity contribution < 1.29 is 4.39 Å². The van der Waals surface area contributed by atoms with Crippen LogP contribution in [0.3, 0.4) is 0 Å². The summed E-state index contributed by atoms with van der Waals surface area (Å²) in [7, 11) is 0. The molecular formula is C12H18FNS. The fourth-order valence-corrected chi connectivity index (χ4v) is 2.15. The normalized spacial score (nSPS) is 10.3. The van der Waals surface area contributed by atoms with E-state index in [-0.39, 0.29) is 5.82 Å². The first kappa shape index (κ1) is 12.4. The monoisotopic (exact) mass is 227 g/mol. The number of nitrogens with one attached hydrogen (secondary N) is 1. The lowest BCUT2D eigenvalue weighted by Gasteiger charge is -2.06. The number of hydrogen-bond acceptors (Lipinski definition) is 2. The lowest BCUT2D eigenvalue weighted by atomic mass is 10.3. The van der Waals surface area contributed by atoms with Crippen LogP contribution in [-0.4, -0.2) is 18.1 Å². The Balaban J connectivity index is 2.12. The molecule has 3 heteroatoms. The average Bonchev–Trinajstić information content (AvgIpc) is 2.25. The molecular weight excluding hydrogens is 209 g/mol. The lowest BCUT2D eigenvalue weighted by molar-refractivity contribution is 0.630. The summed E-state index contributed by atoms with van der Waals surface area (Å²) in [6.07, 6.45) is 2.51. The predicted molar refractivity (Wildman–Crippen MR) is 67.1 cm³/mol. The maximum absolute atomic E-state index is 13.2. The third kappa shape index (κ3) is 5.07. The SMILES string of the molecule is CCCCSCCNc1ccccc1F. The number of benzene rings is 1. The summed E-state index contributed by atoms with van der Waals surface area (Å²) in [5.74, 6) is 2.07. The Kier molecular flexibility index (Phi) is 6.25. The van der Waals surface area contributed by atoms with Crippen LogP contribution >= 0.6 is 11.8 Å². The molecule has 0 aliphatic carbocycles. The molecule has 1 aromatic carbocycles. The molecule has 0 bridgehead atoms. The number of hydrogen-bond donors (Lipinski definition) is 1. The molecule has 1 nitrogen and oxygen atoms in total. The molecule has 0 saturated heterocycles. The summed E-state index contributed by atoms with van der Waals surface area (Å²) < 4.78 is 13.2. The smallest absolute Gasteiger partial charge is 0.146 e. The van der Waals surface area contributed by atoms with Crippen molar-refractivity contribution >= 4 is 17.4 Å². The maximum atomic E-state index is 13.2. The highest BCUT2D eigenvalue weighted by Gasteiger charge is 1.97. The molecule has 0 unspecified atom stereocenters. The van der Waals surface area contributed by atoms with E-state index < -0.39 is 0 Å². The van der Waals surface area contributed by atoms with Crippen LogP contribution in [0.5, 0.6) is 0 Å². The minimum atomic E-state index is -0.170. The Morgan fingerprint density at radius 3 is 2.80 bits per heavy atom. The molecule has 0 radical (unpaired) electrons. The Labute approximate surface area is 95.5 Å². The topological polar surface area (TPSA) is 12.0 Å². The molecule has 1 aromatic rings. The van der Waals surface area contributed by atoms with Crippen molar-refractivity contribution in [3.8, 4) is 0 Å². The number of thioether (sulfide) groups is 1. The quantitative estimate of drug-likeness (QED) is 0.712. The van der Waals surface area contributed by atoms with Gasteiger partial charge in [0.05, 0.1) is 5.69 Å². The molecule has 1 N–H and O–H groups in total. The van der Waals surface area contributed by atoms with Gasteiger partial charge in [-0.25, -0.2) is 4.39 Å². The first-order chi connectivity index (χ1) is 7.34. The molecule has 0 fully saturated rings. The predicted octanol–water partition coefficient (Wildman–Crippen LogP) is 3.77. The lowest BCUT2D eigenvalue weighted by Crippen LogP contribution is -2.05. The zero-order valence-electron chi connectivity index (χ0n) is 9.13. The van der Waals surface area contributed by atoms with Gasteiger partial charge in [0.15, 0.2) is 0 Å². The molecule has 84 valence electrons. The summed E-state index contributed by atoms with van der Waals surface area (Å²) >= 11 is 1.92. The van der Waals surface area contributed by atoms with Crippen LogP contribution in [0.4, 0.5) is 10.1 Å². The van der Waals surface area contributed by atoms with Crippen LogP contribution in [0.15, 0.2) is 24.3 Å². The van der Waals surface area contributed by atoms with Crippen molar-refractivity contribution in [3.63, 3.8) is 0 Å². The van der Waals surface area contributed by atoms with Gasteiger partial charge in [0.1, 0.15) is 5.82 Å². The standard InChI is InChI=1S/C12H18FNS/c1-2-3-9-15-10-8-14-12-7-5-4-6-11(12)13/h4-7,14H,2-3,8-10H2,1H3. The molecule has 0 atom stereocenters. The van der Waals surface area contributed by atoms with Gasteiger partial charge in [0.25, 0.3) is 0 Å². The molecule has 15 heavy (non-hydrogen) atoms. The van der Waals surface area contributed by atoms with Crippen molar-refractivity contribution in [2.24, 2.45) is 0 Å². The molecule has 0 aliphatic rings. The van der Waals surface area contributed by atoms with Crippen LogP contribution in [0.1, 0.15) is 19.8 Å². The molecule has 0 aliphatic heterocycles. The highest BCUT2D eigenvalue weighted by Crippen LogP contribution is 2.12. The zero-order valence-corrected chi connectivity index (χ0v) is 9.95. The summed E-state index contributed by atoms with van der Waals surface area (Å²) in [4.78, 5) is 0. The fourth-order valence-electron chi connectivity index (χ4n) is 1.21. The highest BCUT2D eigenvalue weighted by atomic mass is 32.2. The second-order valence-corrected chi connectivity index (χ2v) is 4.60. The van der Waals surface area contributed by atoms with E-state index in [1.807, 2.05) is 17.8 Å². The van der Waals surface area contributed by atoms with Crippen LogP contribution in [0, 0.1) is 5.82 Å². The fraction of sp³-hybridized carbons (Fsp3) is 0.500. The average molecular weight is 227 g/mol. The summed E-state index contributed by atoms with van der Waals surface area (Å²) in [5, 5.41) is 3.09. The third-order valence-electron chi connectivity index (χ3n) is 2.08. The Bertz CT molecular complexity index is 278. The summed E-state index contributed by atoms with van der Waals surface area (Å²) in [6, 6.07) is 6.80. The van der Waals surface area contributed by atoms with Crippen LogP contribution in [0.25, 0.3) is 0 Å². The van der Waals surface area contributed by atoms with Crippen molar-refractivity contribution in [1.82, 2.24) is 0 Å². The van der Waals surface area contributed by atoms with E-state index in [9.17, 15) is 4.39 Å². The number of anilines is 1. The first-order valence-corrected chi connectivity index (χ1v) is 6.56. The maximum Gasteiger partial charge on any atom is 0.146 e. The van der Waals surface area contributed by atoms with Gasteiger partial charge in [0, 0.05) is 12.3 Å². The van der Waals surface area contributed by atoms with Crippen molar-refractivity contribution in [2.45, 2.75) is 19.8 Å². The molecule has 0 saturated carbocycles. The summed E-state index contributed by atoms with van der Waals surface area (Å²) in [6.45, 7) is 3.02. The molecule has 0 aromatic heterocycles. The highest BCUT2D eigenvalue weighted by molar-refractivity contribution is 7.99. The minimum absolute atomic E-state index is 0.170. The Morgan fingerprint density at radius 1 is 1.27 bits per heavy atom. The van der Waals surface area contributed by atoms with Gasteiger partial charge >= 0.3 is 0 Å². The third-order valence-corrected chi connectivity index (χ3v) is 3.15. The van der Waals surface area contributed by atoms with Crippen LogP contribution in [-0.2, 0) is 0 Å². The molecule has 1 rings (SSSR count). The van der Waals surface area contributed by atoms with Crippen LogP contribution in [0.2, 0.25) is 0 Å². The summed E-state index contributed by atoms with van der Waals surface area (Å²) in [5.41, 5.74) is 0.605. The number of halogens is 1. The first-order valence-electron chi connectivity index (χ1n) is 5.40. The van der Waals surface area contributed by atoms with E-state index >= 15 is 0 Å². The Morgan fingerprint density at radius 2 is 2.07 bits per heavy atom.